The van der Waals surface area contributed by atoms with E-state index in [0.29, 0.717) is 11.1 Å². The number of halogens is 2. The van der Waals surface area contributed by atoms with Gasteiger partial charge in [0.1, 0.15) is 5.82 Å². The zero-order valence-electron chi connectivity index (χ0n) is 13.4. The molecule has 1 N–H and O–H groups in total. The van der Waals surface area contributed by atoms with Crippen LogP contribution in [0.15, 0.2) is 18.2 Å². The molecule has 1 aromatic carbocycles. The number of nitrogens with one attached hydrogen (secondary N) is 1. The predicted octanol–water partition coefficient (Wildman–Crippen LogP) is 5.75. The zero-order valence-corrected chi connectivity index (χ0v) is 14.2. The lowest BCUT2D eigenvalue weighted by Crippen LogP contribution is -2.31. The van der Waals surface area contributed by atoms with Crippen LogP contribution in [0.3, 0.4) is 0 Å². The molecule has 1 atom stereocenters. The van der Waals surface area contributed by atoms with E-state index in [0.717, 1.165) is 24.9 Å². The van der Waals surface area contributed by atoms with E-state index in [1.165, 1.54) is 44.6 Å². The van der Waals surface area contributed by atoms with E-state index in [4.69, 9.17) is 11.6 Å². The normalized spacial score (nSPS) is 12.6. The van der Waals surface area contributed by atoms with Crippen molar-refractivity contribution in [1.82, 2.24) is 5.32 Å². The van der Waals surface area contributed by atoms with Crippen LogP contribution >= 0.6 is 11.6 Å². The van der Waals surface area contributed by atoms with Crippen LogP contribution in [0.4, 0.5) is 4.39 Å². The summed E-state index contributed by atoms with van der Waals surface area (Å²) in [5, 5.41) is 4.17. The van der Waals surface area contributed by atoms with Gasteiger partial charge < -0.3 is 5.32 Å². The molecule has 120 valence electrons. The molecule has 0 aromatic heterocycles. The van der Waals surface area contributed by atoms with Crippen molar-refractivity contribution in [2.24, 2.45) is 0 Å². The number of unbranched alkanes of at least 4 members (excludes halogenated alkanes) is 5. The molecule has 0 aliphatic carbocycles. The van der Waals surface area contributed by atoms with Crippen molar-refractivity contribution in [1.29, 1.82) is 0 Å². The first kappa shape index (κ1) is 18.4. The van der Waals surface area contributed by atoms with Crippen LogP contribution in [0.2, 0.25) is 5.02 Å². The Labute approximate surface area is 134 Å². The Kier molecular flexibility index (Phi) is 9.69. The van der Waals surface area contributed by atoms with Crippen LogP contribution in [0.25, 0.3) is 0 Å². The van der Waals surface area contributed by atoms with Gasteiger partial charge in [0.15, 0.2) is 0 Å². The van der Waals surface area contributed by atoms with Gasteiger partial charge in [0.05, 0.1) is 0 Å². The van der Waals surface area contributed by atoms with Crippen molar-refractivity contribution < 1.29 is 4.39 Å². The maximum Gasteiger partial charge on any atom is 0.123 e. The summed E-state index contributed by atoms with van der Waals surface area (Å²) >= 11 is 6.16. The molecular weight excluding hydrogens is 285 g/mol. The van der Waals surface area contributed by atoms with Gasteiger partial charge in [0.25, 0.3) is 0 Å². The second-order valence-corrected chi connectivity index (χ2v) is 6.16. The third kappa shape index (κ3) is 7.82. The van der Waals surface area contributed by atoms with Crippen LogP contribution in [0.1, 0.15) is 64.4 Å². The molecule has 0 heterocycles. The minimum atomic E-state index is -0.204. The maximum absolute atomic E-state index is 13.3. The lowest BCUT2D eigenvalue weighted by Gasteiger charge is -2.18. The molecule has 1 aromatic rings. The van der Waals surface area contributed by atoms with Crippen molar-refractivity contribution in [3.05, 3.63) is 34.6 Å². The summed E-state index contributed by atoms with van der Waals surface area (Å²) in [5.41, 5.74) is 0.911. The average Bonchev–Trinajstić information content (AvgIpc) is 2.46. The highest BCUT2D eigenvalue weighted by molar-refractivity contribution is 6.31. The Bertz CT molecular complexity index is 395. The van der Waals surface area contributed by atoms with Gasteiger partial charge in [-0.15, -0.1) is 0 Å². The Balaban J connectivity index is 2.40. The molecular formula is C18H29ClFN. The highest BCUT2D eigenvalue weighted by atomic mass is 35.5. The molecule has 1 rings (SSSR count). The molecule has 0 aliphatic rings. The number of hydrogen-bond donors (Lipinski definition) is 1. The van der Waals surface area contributed by atoms with E-state index in [9.17, 15) is 4.39 Å². The summed E-state index contributed by atoms with van der Waals surface area (Å²) in [6, 6.07) is 5.02. The van der Waals surface area contributed by atoms with Gasteiger partial charge >= 0.3 is 0 Å². The summed E-state index contributed by atoms with van der Waals surface area (Å²) in [4.78, 5) is 0. The van der Waals surface area contributed by atoms with Crippen LogP contribution in [0, 0.1) is 5.82 Å². The smallest absolute Gasteiger partial charge is 0.123 e. The van der Waals surface area contributed by atoms with Crippen LogP contribution in [-0.4, -0.2) is 12.6 Å². The number of hydrogen-bond acceptors (Lipinski definition) is 1. The standard InChI is InChI=1S/C18H29ClFN/c1-3-5-6-7-8-9-10-17(21-4-2)14-15-13-16(20)11-12-18(15)19/h11-13,17,21H,3-10,14H2,1-2H3. The quantitative estimate of drug-likeness (QED) is 0.513. The van der Waals surface area contributed by atoms with E-state index < -0.39 is 0 Å². The first-order valence-electron chi connectivity index (χ1n) is 8.34. The van der Waals surface area contributed by atoms with Crippen LogP contribution in [0.5, 0.6) is 0 Å². The fourth-order valence-corrected chi connectivity index (χ4v) is 2.90. The minimum absolute atomic E-state index is 0.204. The molecule has 0 radical (unpaired) electrons. The molecule has 21 heavy (non-hydrogen) atoms. The SMILES string of the molecule is CCCCCCCCC(Cc1cc(F)ccc1Cl)NCC. The van der Waals surface area contributed by atoms with E-state index >= 15 is 0 Å². The Morgan fingerprint density at radius 3 is 2.52 bits per heavy atom. The molecule has 0 aliphatic heterocycles. The van der Waals surface area contributed by atoms with Crippen molar-refractivity contribution >= 4 is 11.6 Å². The minimum Gasteiger partial charge on any atom is -0.314 e. The molecule has 1 nitrogen and oxygen atoms in total. The number of rotatable bonds is 11. The Morgan fingerprint density at radius 2 is 1.81 bits per heavy atom. The predicted molar refractivity (Wildman–Crippen MR) is 90.6 cm³/mol. The number of likely N-dealkylation sites (N-methyl/N-ethyl adjacent to an activating group) is 1. The molecule has 0 saturated heterocycles. The average molecular weight is 314 g/mol. The van der Waals surface area contributed by atoms with Crippen molar-refractivity contribution in [3.8, 4) is 0 Å². The van der Waals surface area contributed by atoms with E-state index in [1.54, 1.807) is 12.1 Å². The second-order valence-electron chi connectivity index (χ2n) is 5.75. The Hall–Kier alpha value is -0.600. The highest BCUT2D eigenvalue weighted by Crippen LogP contribution is 2.20. The molecule has 0 bridgehead atoms. The lowest BCUT2D eigenvalue weighted by atomic mass is 9.99. The summed E-state index contributed by atoms with van der Waals surface area (Å²) in [7, 11) is 0. The molecule has 0 spiro atoms. The van der Waals surface area contributed by atoms with Gasteiger partial charge in [0.2, 0.25) is 0 Å². The van der Waals surface area contributed by atoms with E-state index in [1.807, 2.05) is 0 Å². The molecule has 3 heteroatoms. The van der Waals surface area contributed by atoms with Gasteiger partial charge in [-0.3, -0.25) is 0 Å². The van der Waals surface area contributed by atoms with E-state index in [-0.39, 0.29) is 5.82 Å². The lowest BCUT2D eigenvalue weighted by molar-refractivity contribution is 0.459. The number of benzene rings is 1. The van der Waals surface area contributed by atoms with Crippen LogP contribution < -0.4 is 5.32 Å². The molecule has 0 amide bonds. The maximum atomic E-state index is 13.3. The fraction of sp³-hybridized carbons (Fsp3) is 0.667. The van der Waals surface area contributed by atoms with Gasteiger partial charge in [-0.05, 0) is 43.1 Å². The Morgan fingerprint density at radius 1 is 1.10 bits per heavy atom. The molecule has 0 fully saturated rings. The molecule has 1 unspecified atom stereocenters. The van der Waals surface area contributed by atoms with Crippen molar-refractivity contribution in [3.63, 3.8) is 0 Å². The second kappa shape index (κ2) is 11.0. The third-order valence-corrected chi connectivity index (χ3v) is 4.24. The van der Waals surface area contributed by atoms with Crippen molar-refractivity contribution in [2.75, 3.05) is 6.54 Å². The summed E-state index contributed by atoms with van der Waals surface area (Å²) in [5.74, 6) is -0.204. The van der Waals surface area contributed by atoms with Crippen molar-refractivity contribution in [2.45, 2.75) is 71.3 Å². The van der Waals surface area contributed by atoms with Crippen LogP contribution in [-0.2, 0) is 6.42 Å². The summed E-state index contributed by atoms with van der Waals surface area (Å²) in [6.07, 6.45) is 9.76. The van der Waals surface area contributed by atoms with Gasteiger partial charge in [-0.25, -0.2) is 4.39 Å². The highest BCUT2D eigenvalue weighted by Gasteiger charge is 2.11. The van der Waals surface area contributed by atoms with Gasteiger partial charge in [-0.2, -0.15) is 0 Å². The monoisotopic (exact) mass is 313 g/mol. The third-order valence-electron chi connectivity index (χ3n) is 3.87. The summed E-state index contributed by atoms with van der Waals surface area (Å²) in [6.45, 7) is 5.29. The van der Waals surface area contributed by atoms with E-state index in [2.05, 4.69) is 19.2 Å². The fourth-order valence-electron chi connectivity index (χ4n) is 2.70. The first-order chi connectivity index (χ1) is 10.2. The van der Waals surface area contributed by atoms with Gasteiger partial charge in [-0.1, -0.05) is 64.0 Å². The zero-order chi connectivity index (χ0) is 15.5. The summed E-state index contributed by atoms with van der Waals surface area (Å²) < 4.78 is 13.3. The topological polar surface area (TPSA) is 12.0 Å². The first-order valence-corrected chi connectivity index (χ1v) is 8.72. The van der Waals surface area contributed by atoms with Gasteiger partial charge in [0, 0.05) is 11.1 Å². The largest absolute Gasteiger partial charge is 0.314 e. The molecule has 0 saturated carbocycles.